The summed E-state index contributed by atoms with van der Waals surface area (Å²) in [5.74, 6) is 2.10. The molecule has 0 fully saturated rings. The molecule has 0 aliphatic heterocycles. The van der Waals surface area contributed by atoms with Crippen LogP contribution in [0.5, 0.6) is 5.75 Å². The number of benzene rings is 1. The Morgan fingerprint density at radius 2 is 2.00 bits per heavy atom. The third-order valence-electron chi connectivity index (χ3n) is 2.77. The van der Waals surface area contributed by atoms with Gasteiger partial charge in [0.1, 0.15) is 23.9 Å². The van der Waals surface area contributed by atoms with Crippen LogP contribution in [0.25, 0.3) is 0 Å². The minimum atomic E-state index is -0.0850. The predicted molar refractivity (Wildman–Crippen MR) is 73.2 cm³/mol. The van der Waals surface area contributed by atoms with Gasteiger partial charge in [0.15, 0.2) is 0 Å². The lowest BCUT2D eigenvalue weighted by atomic mass is 10.2. The van der Waals surface area contributed by atoms with Crippen LogP contribution >= 0.6 is 11.6 Å². The molecular weight excluding hydrogens is 266 g/mol. The maximum absolute atomic E-state index is 8.91. The molecule has 0 aliphatic rings. The maximum atomic E-state index is 8.91. The molecule has 19 heavy (non-hydrogen) atoms. The number of aliphatic hydroxyl groups is 1. The molecule has 5 heteroatoms. The zero-order chi connectivity index (χ0) is 13.7. The molecule has 4 nitrogen and oxygen atoms in total. The number of halogens is 1. The Labute approximate surface area is 117 Å². The van der Waals surface area contributed by atoms with Gasteiger partial charge in [-0.1, -0.05) is 17.7 Å². The molecular formula is C14H16ClNO3. The van der Waals surface area contributed by atoms with Gasteiger partial charge in [-0.15, -0.1) is 0 Å². The summed E-state index contributed by atoms with van der Waals surface area (Å²) in [6.07, 6.45) is 0. The molecule has 0 spiro atoms. The van der Waals surface area contributed by atoms with Crippen molar-refractivity contribution in [3.05, 3.63) is 52.4 Å². The Balaban J connectivity index is 1.95. The Morgan fingerprint density at radius 3 is 2.68 bits per heavy atom. The van der Waals surface area contributed by atoms with E-state index >= 15 is 0 Å². The lowest BCUT2D eigenvalue weighted by Gasteiger charge is -2.10. The van der Waals surface area contributed by atoms with Crippen molar-refractivity contribution in [1.29, 1.82) is 0 Å². The first-order valence-electron chi connectivity index (χ1n) is 5.95. The normalized spacial score (nSPS) is 10.7. The molecule has 1 aromatic heterocycles. The SMILES string of the molecule is COc1cccc(Cl)c1CNCc1ccc(CO)o1. The van der Waals surface area contributed by atoms with E-state index in [4.69, 9.17) is 25.9 Å². The molecule has 1 aromatic carbocycles. The molecule has 0 saturated carbocycles. The van der Waals surface area contributed by atoms with Gasteiger partial charge in [-0.05, 0) is 24.3 Å². The summed E-state index contributed by atoms with van der Waals surface area (Å²) in [6, 6.07) is 9.15. The highest BCUT2D eigenvalue weighted by Crippen LogP contribution is 2.25. The highest BCUT2D eigenvalue weighted by molar-refractivity contribution is 6.31. The molecule has 102 valence electrons. The van der Waals surface area contributed by atoms with Gasteiger partial charge in [-0.25, -0.2) is 0 Å². The van der Waals surface area contributed by atoms with E-state index in [0.717, 1.165) is 17.1 Å². The Hall–Kier alpha value is -1.49. The minimum Gasteiger partial charge on any atom is -0.496 e. The summed E-state index contributed by atoms with van der Waals surface area (Å²) in [5, 5.41) is 12.8. The fraction of sp³-hybridized carbons (Fsp3) is 0.286. The van der Waals surface area contributed by atoms with E-state index in [1.54, 1.807) is 13.2 Å². The lowest BCUT2D eigenvalue weighted by Crippen LogP contribution is -2.13. The van der Waals surface area contributed by atoms with Gasteiger partial charge in [0, 0.05) is 17.1 Å². The number of rotatable bonds is 6. The zero-order valence-electron chi connectivity index (χ0n) is 10.6. The number of furan rings is 1. The van der Waals surface area contributed by atoms with Crippen LogP contribution in [-0.4, -0.2) is 12.2 Å². The summed E-state index contributed by atoms with van der Waals surface area (Å²) in [4.78, 5) is 0. The molecule has 0 saturated heterocycles. The van der Waals surface area contributed by atoms with Crippen molar-refractivity contribution in [3.8, 4) is 5.75 Å². The summed E-state index contributed by atoms with van der Waals surface area (Å²) >= 11 is 6.14. The van der Waals surface area contributed by atoms with E-state index in [1.165, 1.54) is 0 Å². The van der Waals surface area contributed by atoms with Crippen LogP contribution in [0.4, 0.5) is 0 Å². The van der Waals surface area contributed by atoms with E-state index in [0.29, 0.717) is 23.9 Å². The maximum Gasteiger partial charge on any atom is 0.129 e. The summed E-state index contributed by atoms with van der Waals surface area (Å²) in [7, 11) is 1.62. The first-order chi connectivity index (χ1) is 9.24. The fourth-order valence-electron chi connectivity index (χ4n) is 1.81. The fourth-order valence-corrected chi connectivity index (χ4v) is 2.05. The first kappa shape index (κ1) is 13.9. The van der Waals surface area contributed by atoms with E-state index in [9.17, 15) is 0 Å². The van der Waals surface area contributed by atoms with Crippen LogP contribution in [0.2, 0.25) is 5.02 Å². The third-order valence-corrected chi connectivity index (χ3v) is 3.12. The molecule has 0 amide bonds. The lowest BCUT2D eigenvalue weighted by molar-refractivity contribution is 0.242. The van der Waals surface area contributed by atoms with Crippen molar-refractivity contribution in [2.24, 2.45) is 0 Å². The largest absolute Gasteiger partial charge is 0.496 e. The zero-order valence-corrected chi connectivity index (χ0v) is 11.4. The van der Waals surface area contributed by atoms with E-state index in [2.05, 4.69) is 5.32 Å². The van der Waals surface area contributed by atoms with Gasteiger partial charge < -0.3 is 19.6 Å². The summed E-state index contributed by atoms with van der Waals surface area (Å²) in [6.45, 7) is 1.06. The van der Waals surface area contributed by atoms with Crippen LogP contribution in [0.15, 0.2) is 34.7 Å². The average molecular weight is 282 g/mol. The monoisotopic (exact) mass is 281 g/mol. The number of methoxy groups -OCH3 is 1. The molecule has 2 N–H and O–H groups in total. The molecule has 0 radical (unpaired) electrons. The second-order valence-corrected chi connectivity index (χ2v) is 4.46. The molecule has 0 bridgehead atoms. The van der Waals surface area contributed by atoms with E-state index < -0.39 is 0 Å². The topological polar surface area (TPSA) is 54.6 Å². The first-order valence-corrected chi connectivity index (χ1v) is 6.33. The molecule has 0 atom stereocenters. The molecule has 2 aromatic rings. The third kappa shape index (κ3) is 3.50. The quantitative estimate of drug-likeness (QED) is 0.855. The minimum absolute atomic E-state index is 0.0850. The van der Waals surface area contributed by atoms with E-state index in [1.807, 2.05) is 24.3 Å². The smallest absolute Gasteiger partial charge is 0.129 e. The Bertz CT molecular complexity index is 539. The second kappa shape index (κ2) is 6.61. The number of nitrogens with one attached hydrogen (secondary N) is 1. The standard InChI is InChI=1S/C14H16ClNO3/c1-18-14-4-2-3-13(15)12(14)8-16-7-10-5-6-11(9-17)19-10/h2-6,16-17H,7-9H2,1H3. The molecule has 0 aliphatic carbocycles. The van der Waals surface area contributed by atoms with Gasteiger partial charge in [-0.3, -0.25) is 0 Å². The number of hydrogen-bond acceptors (Lipinski definition) is 4. The van der Waals surface area contributed by atoms with Gasteiger partial charge in [0.2, 0.25) is 0 Å². The summed E-state index contributed by atoms with van der Waals surface area (Å²) < 4.78 is 10.7. The van der Waals surface area contributed by atoms with Gasteiger partial charge in [0.05, 0.1) is 13.7 Å². The Kier molecular flexibility index (Phi) is 4.85. The van der Waals surface area contributed by atoms with Crippen LogP contribution in [0, 0.1) is 0 Å². The molecule has 1 heterocycles. The summed E-state index contributed by atoms with van der Waals surface area (Å²) in [5.41, 5.74) is 0.917. The predicted octanol–water partition coefficient (Wildman–Crippen LogP) is 2.72. The highest BCUT2D eigenvalue weighted by Gasteiger charge is 2.07. The van der Waals surface area contributed by atoms with Gasteiger partial charge >= 0.3 is 0 Å². The number of ether oxygens (including phenoxy) is 1. The number of hydrogen-bond donors (Lipinski definition) is 2. The van der Waals surface area contributed by atoms with E-state index in [-0.39, 0.29) is 6.61 Å². The Morgan fingerprint density at radius 1 is 1.21 bits per heavy atom. The van der Waals surface area contributed by atoms with Crippen molar-refractivity contribution in [3.63, 3.8) is 0 Å². The van der Waals surface area contributed by atoms with Crippen LogP contribution < -0.4 is 10.1 Å². The number of aliphatic hydroxyl groups excluding tert-OH is 1. The average Bonchev–Trinajstić information content (AvgIpc) is 2.88. The van der Waals surface area contributed by atoms with Crippen molar-refractivity contribution >= 4 is 11.6 Å². The van der Waals surface area contributed by atoms with Crippen LogP contribution in [0.3, 0.4) is 0 Å². The second-order valence-electron chi connectivity index (χ2n) is 4.05. The van der Waals surface area contributed by atoms with Crippen molar-refractivity contribution in [2.45, 2.75) is 19.7 Å². The molecule has 0 unspecified atom stereocenters. The molecule has 2 rings (SSSR count). The van der Waals surface area contributed by atoms with Crippen molar-refractivity contribution < 1.29 is 14.3 Å². The van der Waals surface area contributed by atoms with Crippen LogP contribution in [-0.2, 0) is 19.7 Å². The van der Waals surface area contributed by atoms with Crippen molar-refractivity contribution in [2.75, 3.05) is 7.11 Å². The van der Waals surface area contributed by atoms with Gasteiger partial charge in [0.25, 0.3) is 0 Å². The van der Waals surface area contributed by atoms with Gasteiger partial charge in [-0.2, -0.15) is 0 Å². The van der Waals surface area contributed by atoms with Crippen molar-refractivity contribution in [1.82, 2.24) is 5.32 Å². The van der Waals surface area contributed by atoms with Crippen LogP contribution in [0.1, 0.15) is 17.1 Å². The highest BCUT2D eigenvalue weighted by atomic mass is 35.5.